The van der Waals surface area contributed by atoms with Gasteiger partial charge in [-0.2, -0.15) is 0 Å². The normalized spacial score (nSPS) is 23.6. The predicted molar refractivity (Wildman–Crippen MR) is 139 cm³/mol. The number of fused-ring (bicyclic) bond motifs is 2. The SMILES string of the molecule is C=C/C(=C\C=C\F)C/C1=C2/CN(CCO2)C(=O)/C(C(=O)NCCN2CCNCC2)=C(/O)CN=C1.CC. The molecule has 10 heteroatoms. The van der Waals surface area contributed by atoms with Crippen LogP contribution in [0.3, 0.4) is 0 Å². The number of morpholine rings is 1. The van der Waals surface area contributed by atoms with Crippen molar-refractivity contribution in [3.63, 3.8) is 0 Å². The van der Waals surface area contributed by atoms with Gasteiger partial charge in [-0.15, -0.1) is 0 Å². The molecule has 36 heavy (non-hydrogen) atoms. The second-order valence-electron chi connectivity index (χ2n) is 8.10. The van der Waals surface area contributed by atoms with E-state index in [4.69, 9.17) is 4.74 Å². The summed E-state index contributed by atoms with van der Waals surface area (Å²) in [5, 5.41) is 16.7. The van der Waals surface area contributed by atoms with Crippen LogP contribution in [0.15, 0.2) is 64.4 Å². The molecular formula is C26H38FN5O4. The van der Waals surface area contributed by atoms with E-state index in [0.717, 1.165) is 31.8 Å². The van der Waals surface area contributed by atoms with Crippen LogP contribution in [-0.2, 0) is 14.3 Å². The van der Waals surface area contributed by atoms with Gasteiger partial charge in [-0.3, -0.25) is 19.5 Å². The molecule has 0 unspecified atom stereocenters. The summed E-state index contributed by atoms with van der Waals surface area (Å²) in [5.41, 5.74) is 1.13. The maximum absolute atomic E-state index is 13.2. The smallest absolute Gasteiger partial charge is 0.263 e. The molecule has 0 aliphatic carbocycles. The van der Waals surface area contributed by atoms with Crippen molar-refractivity contribution in [2.75, 3.05) is 65.5 Å². The Hall–Kier alpha value is -3.24. The lowest BCUT2D eigenvalue weighted by atomic mass is 10.0. The lowest BCUT2D eigenvalue weighted by Gasteiger charge is -2.31. The maximum atomic E-state index is 13.2. The van der Waals surface area contributed by atoms with Gasteiger partial charge in [0.05, 0.1) is 26.0 Å². The molecule has 3 N–H and O–H groups in total. The van der Waals surface area contributed by atoms with Crippen molar-refractivity contribution >= 4 is 18.0 Å². The van der Waals surface area contributed by atoms with Crippen LogP contribution in [0, 0.1) is 0 Å². The lowest BCUT2D eigenvalue weighted by molar-refractivity contribution is -0.132. The monoisotopic (exact) mass is 503 g/mol. The number of aliphatic imine (C=N–C) groups is 1. The molecule has 2 saturated heterocycles. The number of allylic oxidation sites excluding steroid dienone is 5. The van der Waals surface area contributed by atoms with Crippen molar-refractivity contribution in [1.29, 1.82) is 0 Å². The summed E-state index contributed by atoms with van der Waals surface area (Å²) in [4.78, 5) is 34.1. The zero-order valence-corrected chi connectivity index (χ0v) is 21.3. The minimum atomic E-state index is -0.611. The standard InChI is InChI=1S/C24H32FN5O4.C2H6/c1-2-18(4-3-5-25)14-19-15-27-16-20(31)22(24(33)30-12-13-34-21(19)17-30)23(32)28-8-11-29-9-6-26-7-10-29;1-2/h2-5,15,26,31H,1,6-14,16-17H2,(H,28,32);1-2H3/b5-3+,18-4+,21-19+,22-20+,27-15?;. The van der Waals surface area contributed by atoms with E-state index in [1.807, 2.05) is 13.8 Å². The van der Waals surface area contributed by atoms with Crippen LogP contribution < -0.4 is 10.6 Å². The summed E-state index contributed by atoms with van der Waals surface area (Å²) in [6, 6.07) is 0. The molecule has 198 valence electrons. The van der Waals surface area contributed by atoms with Gasteiger partial charge in [0.25, 0.3) is 11.8 Å². The molecule has 3 aliphatic rings. The average Bonchev–Trinajstić information content (AvgIpc) is 2.91. The summed E-state index contributed by atoms with van der Waals surface area (Å²) >= 11 is 0. The lowest BCUT2D eigenvalue weighted by Crippen LogP contribution is -2.47. The number of piperazine rings is 1. The van der Waals surface area contributed by atoms with E-state index in [0.29, 0.717) is 37.2 Å². The van der Waals surface area contributed by atoms with Gasteiger partial charge in [-0.25, -0.2) is 4.39 Å². The molecule has 2 bridgehead atoms. The molecule has 3 heterocycles. The highest BCUT2D eigenvalue weighted by atomic mass is 19.1. The first-order valence-electron chi connectivity index (χ1n) is 12.4. The number of ether oxygens (including phenoxy) is 1. The van der Waals surface area contributed by atoms with Crippen molar-refractivity contribution in [2.24, 2.45) is 4.99 Å². The largest absolute Gasteiger partial charge is 0.509 e. The first-order chi connectivity index (χ1) is 17.5. The Labute approximate surface area is 212 Å². The number of nitrogens with zero attached hydrogens (tertiary/aromatic N) is 3. The third-order valence-electron chi connectivity index (χ3n) is 5.80. The fraction of sp³-hybridized carbons (Fsp3) is 0.500. The quantitative estimate of drug-likeness (QED) is 0.346. The van der Waals surface area contributed by atoms with Crippen LogP contribution in [0.5, 0.6) is 0 Å². The third kappa shape index (κ3) is 8.46. The summed E-state index contributed by atoms with van der Waals surface area (Å²) in [5.74, 6) is -1.01. The zero-order chi connectivity index (χ0) is 26.3. The Balaban J connectivity index is 0.00000222. The molecule has 2 fully saturated rings. The van der Waals surface area contributed by atoms with Crippen LogP contribution in [0.2, 0.25) is 0 Å². The number of halogens is 1. The first kappa shape index (κ1) is 29.0. The van der Waals surface area contributed by atoms with Gasteiger partial charge >= 0.3 is 0 Å². The number of rotatable bonds is 8. The Kier molecular flexibility index (Phi) is 12.6. The number of hydrogen-bond acceptors (Lipinski definition) is 7. The van der Waals surface area contributed by atoms with E-state index in [9.17, 15) is 19.1 Å². The van der Waals surface area contributed by atoms with Gasteiger partial charge < -0.3 is 25.4 Å². The Morgan fingerprint density at radius 1 is 1.33 bits per heavy atom. The summed E-state index contributed by atoms with van der Waals surface area (Å²) in [6.07, 6.45) is 6.80. The fourth-order valence-electron chi connectivity index (χ4n) is 3.92. The second-order valence-corrected chi connectivity index (χ2v) is 8.10. The molecule has 0 spiro atoms. The molecule has 3 rings (SSSR count). The highest BCUT2D eigenvalue weighted by molar-refractivity contribution is 6.19. The number of nitrogens with one attached hydrogen (secondary N) is 2. The molecule has 0 radical (unpaired) electrons. The molecule has 9 nitrogen and oxygen atoms in total. The van der Waals surface area contributed by atoms with E-state index in [1.165, 1.54) is 11.0 Å². The van der Waals surface area contributed by atoms with Crippen molar-refractivity contribution in [3.05, 3.63) is 59.4 Å². The molecule has 0 atom stereocenters. The van der Waals surface area contributed by atoms with E-state index >= 15 is 0 Å². The maximum Gasteiger partial charge on any atom is 0.263 e. The molecule has 2 amide bonds. The zero-order valence-electron chi connectivity index (χ0n) is 21.3. The molecule has 0 aromatic rings. The van der Waals surface area contributed by atoms with E-state index in [-0.39, 0.29) is 37.6 Å². The van der Waals surface area contributed by atoms with Gasteiger partial charge in [0.1, 0.15) is 23.7 Å². The summed E-state index contributed by atoms with van der Waals surface area (Å²) in [6.45, 7) is 12.8. The summed E-state index contributed by atoms with van der Waals surface area (Å²) < 4.78 is 18.2. The van der Waals surface area contributed by atoms with Gasteiger partial charge in [-0.1, -0.05) is 32.6 Å². The average molecular weight is 504 g/mol. The second kappa shape index (κ2) is 15.7. The number of hydrogen-bond donors (Lipinski definition) is 3. The van der Waals surface area contributed by atoms with Crippen LogP contribution >= 0.6 is 0 Å². The molecule has 0 aromatic carbocycles. The number of aliphatic hydroxyl groups is 1. The van der Waals surface area contributed by atoms with Crippen molar-refractivity contribution in [3.8, 4) is 0 Å². The van der Waals surface area contributed by atoms with Crippen LogP contribution in [0.4, 0.5) is 4.39 Å². The highest BCUT2D eigenvalue weighted by Gasteiger charge is 2.31. The van der Waals surface area contributed by atoms with E-state index in [1.54, 1.807) is 18.4 Å². The fourth-order valence-corrected chi connectivity index (χ4v) is 3.92. The minimum absolute atomic E-state index is 0.133. The number of amides is 2. The number of aliphatic hydroxyl groups excluding tert-OH is 1. The Morgan fingerprint density at radius 3 is 2.78 bits per heavy atom. The first-order valence-corrected chi connectivity index (χ1v) is 12.4. The van der Waals surface area contributed by atoms with Crippen molar-refractivity contribution in [2.45, 2.75) is 20.3 Å². The predicted octanol–water partition coefficient (Wildman–Crippen LogP) is 2.03. The van der Waals surface area contributed by atoms with Crippen molar-refractivity contribution < 1.29 is 23.8 Å². The highest BCUT2D eigenvalue weighted by Crippen LogP contribution is 2.22. The Bertz CT molecular complexity index is 933. The van der Waals surface area contributed by atoms with Gasteiger partial charge in [0, 0.05) is 57.5 Å². The number of carbonyl (C=O) groups excluding carboxylic acids is 2. The number of carbonyl (C=O) groups is 2. The van der Waals surface area contributed by atoms with Crippen LogP contribution in [0.25, 0.3) is 0 Å². The molecular weight excluding hydrogens is 465 g/mol. The van der Waals surface area contributed by atoms with Crippen LogP contribution in [-0.4, -0.2) is 98.4 Å². The van der Waals surface area contributed by atoms with Crippen LogP contribution in [0.1, 0.15) is 20.3 Å². The van der Waals surface area contributed by atoms with E-state index in [2.05, 4.69) is 27.1 Å². The topological polar surface area (TPSA) is 106 Å². The van der Waals surface area contributed by atoms with Crippen molar-refractivity contribution in [1.82, 2.24) is 20.4 Å². The minimum Gasteiger partial charge on any atom is -0.509 e. The molecule has 3 aliphatic heterocycles. The Morgan fingerprint density at radius 2 is 2.08 bits per heavy atom. The van der Waals surface area contributed by atoms with E-state index < -0.39 is 11.8 Å². The van der Waals surface area contributed by atoms with Gasteiger partial charge in [0.2, 0.25) is 0 Å². The molecule has 0 saturated carbocycles. The molecule has 0 aromatic heterocycles. The summed E-state index contributed by atoms with van der Waals surface area (Å²) in [7, 11) is 0. The van der Waals surface area contributed by atoms with Gasteiger partial charge in [-0.05, 0) is 11.6 Å². The van der Waals surface area contributed by atoms with Gasteiger partial charge in [0.15, 0.2) is 0 Å². The third-order valence-corrected chi connectivity index (χ3v) is 5.80.